The van der Waals surface area contributed by atoms with Gasteiger partial charge in [0.05, 0.1) is 7.11 Å². The maximum atomic E-state index is 12.9. The second-order valence-electron chi connectivity index (χ2n) is 7.93. The van der Waals surface area contributed by atoms with Crippen LogP contribution in [-0.4, -0.2) is 68.8 Å². The van der Waals surface area contributed by atoms with E-state index in [2.05, 4.69) is 17.0 Å². The molecule has 2 saturated heterocycles. The van der Waals surface area contributed by atoms with Gasteiger partial charge in [-0.05, 0) is 54.9 Å². The maximum absolute atomic E-state index is 12.9. The third-order valence-electron chi connectivity index (χ3n) is 6.38. The fourth-order valence-corrected chi connectivity index (χ4v) is 6.39. The van der Waals surface area contributed by atoms with Gasteiger partial charge in [-0.1, -0.05) is 6.07 Å². The van der Waals surface area contributed by atoms with Crippen LogP contribution in [0.4, 0.5) is 0 Å². The average molecular weight is 380 g/mol. The highest BCUT2D eigenvalue weighted by Gasteiger charge is 2.46. The molecule has 26 heavy (non-hydrogen) atoms. The van der Waals surface area contributed by atoms with Crippen LogP contribution in [0.25, 0.3) is 0 Å². The summed E-state index contributed by atoms with van der Waals surface area (Å²) in [7, 11) is 1.60. The van der Waals surface area contributed by atoms with Gasteiger partial charge < -0.3 is 4.74 Å². The number of methoxy groups -OCH3 is 1. The Balaban J connectivity index is 1.65. The van der Waals surface area contributed by atoms with Crippen molar-refractivity contribution < 1.29 is 13.2 Å². The maximum Gasteiger partial charge on any atom is 0.281 e. The lowest BCUT2D eigenvalue weighted by Crippen LogP contribution is -2.59. The van der Waals surface area contributed by atoms with E-state index >= 15 is 0 Å². The summed E-state index contributed by atoms with van der Waals surface area (Å²) in [5.41, 5.74) is 2.70. The smallest absolute Gasteiger partial charge is 0.281 e. The van der Waals surface area contributed by atoms with Gasteiger partial charge >= 0.3 is 0 Å². The Morgan fingerprint density at radius 2 is 2.04 bits per heavy atom. The van der Waals surface area contributed by atoms with E-state index in [1.807, 2.05) is 6.07 Å². The van der Waals surface area contributed by atoms with Crippen molar-refractivity contribution >= 4 is 10.2 Å². The van der Waals surface area contributed by atoms with Crippen LogP contribution in [0.3, 0.4) is 0 Å². The van der Waals surface area contributed by atoms with E-state index in [4.69, 9.17) is 4.74 Å². The molecule has 0 N–H and O–H groups in total. The van der Waals surface area contributed by atoms with Crippen molar-refractivity contribution in [1.82, 2.24) is 13.5 Å². The molecule has 0 radical (unpaired) electrons. The van der Waals surface area contributed by atoms with Crippen LogP contribution >= 0.6 is 0 Å². The van der Waals surface area contributed by atoms with E-state index in [1.165, 1.54) is 15.4 Å². The number of hydrogen-bond donors (Lipinski definition) is 0. The molecule has 0 aliphatic carbocycles. The van der Waals surface area contributed by atoms with E-state index in [-0.39, 0.29) is 6.04 Å². The van der Waals surface area contributed by atoms with Crippen LogP contribution in [0, 0.1) is 5.92 Å². The molecule has 0 aromatic heterocycles. The Bertz CT molecular complexity index is 780. The van der Waals surface area contributed by atoms with E-state index in [1.54, 1.807) is 25.5 Å². The highest BCUT2D eigenvalue weighted by atomic mass is 32.2. The Labute approximate surface area is 156 Å². The molecule has 0 spiro atoms. The van der Waals surface area contributed by atoms with Crippen LogP contribution in [0.2, 0.25) is 0 Å². The first-order valence-corrected chi connectivity index (χ1v) is 10.9. The van der Waals surface area contributed by atoms with Crippen LogP contribution in [0.1, 0.15) is 36.4 Å². The normalized spacial score (nSPS) is 29.8. The molecule has 1 aromatic rings. The lowest BCUT2D eigenvalue weighted by molar-refractivity contribution is 0.0203. The molecule has 3 aliphatic heterocycles. The Morgan fingerprint density at radius 3 is 2.77 bits per heavy atom. The predicted octanol–water partition coefficient (Wildman–Crippen LogP) is 1.89. The van der Waals surface area contributed by atoms with Crippen molar-refractivity contribution in [1.29, 1.82) is 0 Å². The summed E-state index contributed by atoms with van der Waals surface area (Å²) in [5, 5.41) is 0. The number of benzene rings is 1. The van der Waals surface area contributed by atoms with Gasteiger partial charge in [0.15, 0.2) is 0 Å². The molecule has 144 valence electrons. The number of nitrogens with zero attached hydrogens (tertiary/aromatic N) is 3. The minimum Gasteiger partial charge on any atom is -0.497 e. The first-order chi connectivity index (χ1) is 12.4. The third-order valence-corrected chi connectivity index (χ3v) is 8.35. The number of ether oxygens (including phenoxy) is 1. The lowest BCUT2D eigenvalue weighted by atomic mass is 9.77. The molecule has 0 saturated carbocycles. The third kappa shape index (κ3) is 2.95. The fourth-order valence-electron chi connectivity index (χ4n) is 5.01. The van der Waals surface area contributed by atoms with Crippen LogP contribution in [0.5, 0.6) is 5.75 Å². The average Bonchev–Trinajstić information content (AvgIpc) is 2.65. The van der Waals surface area contributed by atoms with Crippen molar-refractivity contribution in [3.63, 3.8) is 0 Å². The van der Waals surface area contributed by atoms with Crippen molar-refractivity contribution in [2.45, 2.75) is 37.8 Å². The predicted molar refractivity (Wildman–Crippen MR) is 101 cm³/mol. The summed E-state index contributed by atoms with van der Waals surface area (Å²) in [6.07, 6.45) is 4.01. The molecule has 0 amide bonds. The van der Waals surface area contributed by atoms with Gasteiger partial charge in [-0.2, -0.15) is 17.0 Å². The molecule has 4 rings (SSSR count). The summed E-state index contributed by atoms with van der Waals surface area (Å²) in [6, 6.07) is 6.77. The highest BCUT2D eigenvalue weighted by Crippen LogP contribution is 2.44. The molecular weight excluding hydrogens is 350 g/mol. The largest absolute Gasteiger partial charge is 0.497 e. The van der Waals surface area contributed by atoms with Crippen molar-refractivity contribution in [3.8, 4) is 5.75 Å². The van der Waals surface area contributed by atoms with E-state index in [0.29, 0.717) is 18.5 Å². The zero-order valence-electron chi connectivity index (χ0n) is 15.9. The molecule has 2 fully saturated rings. The van der Waals surface area contributed by atoms with E-state index in [9.17, 15) is 8.42 Å². The summed E-state index contributed by atoms with van der Waals surface area (Å²) in [4.78, 5) is 2.57. The summed E-state index contributed by atoms with van der Waals surface area (Å²) >= 11 is 0. The second kappa shape index (κ2) is 6.78. The van der Waals surface area contributed by atoms with Crippen molar-refractivity contribution in [3.05, 3.63) is 29.3 Å². The minimum atomic E-state index is -3.37. The zero-order chi connectivity index (χ0) is 18.5. The van der Waals surface area contributed by atoms with Gasteiger partial charge in [-0.25, -0.2) is 0 Å². The number of hydrogen-bond acceptors (Lipinski definition) is 4. The second-order valence-corrected chi connectivity index (χ2v) is 10.0. The van der Waals surface area contributed by atoms with Gasteiger partial charge in [-0.3, -0.25) is 4.90 Å². The summed E-state index contributed by atoms with van der Waals surface area (Å²) < 4.78 is 34.2. The molecule has 0 bridgehead atoms. The molecule has 3 aliphatic rings. The zero-order valence-corrected chi connectivity index (χ0v) is 16.7. The first-order valence-electron chi connectivity index (χ1n) is 9.52. The van der Waals surface area contributed by atoms with Gasteiger partial charge in [0.2, 0.25) is 0 Å². The van der Waals surface area contributed by atoms with E-state index < -0.39 is 10.2 Å². The van der Waals surface area contributed by atoms with Gasteiger partial charge in [0.1, 0.15) is 5.75 Å². The van der Waals surface area contributed by atoms with Crippen LogP contribution in [0.15, 0.2) is 18.2 Å². The molecule has 1 aromatic carbocycles. The molecule has 7 heteroatoms. The highest BCUT2D eigenvalue weighted by molar-refractivity contribution is 7.86. The summed E-state index contributed by atoms with van der Waals surface area (Å²) in [5.74, 6) is 1.34. The van der Waals surface area contributed by atoms with Gasteiger partial charge in [0, 0.05) is 45.8 Å². The standard InChI is InChI=1S/C19H29N3O3S/c1-20(2)26(23,24)22-9-4-5-15-13-21-10-8-14-11-16(25-3)6-7-17(14)19(21)12-18(15)22/h6-7,11,15,18-19H,4-5,8-10,12-13H2,1-3H3/t15-,18-,19+/m1/s1. The van der Waals surface area contributed by atoms with E-state index in [0.717, 1.165) is 44.5 Å². The van der Waals surface area contributed by atoms with Crippen LogP contribution in [-0.2, 0) is 16.6 Å². The number of fused-ring (bicyclic) bond motifs is 4. The SMILES string of the molecule is COc1ccc2c(c1)CCN1C[C@H]3CCCN(S(=O)(=O)N(C)C)[C@@H]3C[C@@H]21. The Morgan fingerprint density at radius 1 is 1.23 bits per heavy atom. The molecule has 6 nitrogen and oxygen atoms in total. The minimum absolute atomic E-state index is 0.102. The number of rotatable bonds is 3. The Hall–Kier alpha value is -1.15. The molecule has 0 unspecified atom stereocenters. The molecule has 3 atom stereocenters. The van der Waals surface area contributed by atoms with Gasteiger partial charge in [0.25, 0.3) is 10.2 Å². The molecular formula is C19H29N3O3S. The van der Waals surface area contributed by atoms with Crippen molar-refractivity contribution in [2.75, 3.05) is 40.8 Å². The first kappa shape index (κ1) is 18.2. The number of piperidine rings is 2. The van der Waals surface area contributed by atoms with Crippen LogP contribution < -0.4 is 4.74 Å². The lowest BCUT2D eigenvalue weighted by Gasteiger charge is -2.52. The quantitative estimate of drug-likeness (QED) is 0.805. The summed E-state index contributed by atoms with van der Waals surface area (Å²) in [6.45, 7) is 2.69. The Kier molecular flexibility index (Phi) is 4.75. The topological polar surface area (TPSA) is 53.1 Å². The molecule has 3 heterocycles. The fraction of sp³-hybridized carbons (Fsp3) is 0.684. The van der Waals surface area contributed by atoms with Gasteiger partial charge in [-0.15, -0.1) is 0 Å². The van der Waals surface area contributed by atoms with Crippen molar-refractivity contribution in [2.24, 2.45) is 5.92 Å². The monoisotopic (exact) mass is 379 g/mol.